The maximum atomic E-state index is 11.3. The number of nitro groups is 1. The molecule has 0 aliphatic rings. The van der Waals surface area contributed by atoms with Crippen LogP contribution in [0.4, 0.5) is 17.1 Å². The summed E-state index contributed by atoms with van der Waals surface area (Å²) in [4.78, 5) is 21.5. The molecule has 0 radical (unpaired) electrons. The van der Waals surface area contributed by atoms with Gasteiger partial charge < -0.3 is 19.9 Å². The lowest BCUT2D eigenvalue weighted by molar-refractivity contribution is -0.384. The Morgan fingerprint density at radius 3 is 2.43 bits per heavy atom. The van der Waals surface area contributed by atoms with E-state index in [1.54, 1.807) is 18.2 Å². The van der Waals surface area contributed by atoms with Gasteiger partial charge in [0.1, 0.15) is 11.5 Å². The van der Waals surface area contributed by atoms with Gasteiger partial charge in [-0.05, 0) is 18.2 Å². The summed E-state index contributed by atoms with van der Waals surface area (Å²) in [7, 11) is 2.97. The Morgan fingerprint density at radius 2 is 1.87 bits per heavy atom. The van der Waals surface area contributed by atoms with Gasteiger partial charge in [-0.3, -0.25) is 10.1 Å². The van der Waals surface area contributed by atoms with E-state index in [4.69, 9.17) is 9.47 Å². The fourth-order valence-corrected chi connectivity index (χ4v) is 1.99. The number of rotatable bonds is 6. The summed E-state index contributed by atoms with van der Waals surface area (Å²) in [5, 5.41) is 22.9. The molecule has 120 valence electrons. The average molecular weight is 318 g/mol. The van der Waals surface area contributed by atoms with E-state index in [2.05, 4.69) is 5.32 Å². The molecule has 23 heavy (non-hydrogen) atoms. The second-order valence-corrected chi connectivity index (χ2v) is 4.48. The van der Waals surface area contributed by atoms with Gasteiger partial charge >= 0.3 is 5.97 Å². The first-order valence-corrected chi connectivity index (χ1v) is 6.47. The summed E-state index contributed by atoms with van der Waals surface area (Å²) in [5.74, 6) is -0.259. The third-order valence-electron chi connectivity index (χ3n) is 3.12. The largest absolute Gasteiger partial charge is 0.497 e. The molecule has 0 unspecified atom stereocenters. The second kappa shape index (κ2) is 6.65. The van der Waals surface area contributed by atoms with E-state index in [-0.39, 0.29) is 16.9 Å². The average Bonchev–Trinajstić information content (AvgIpc) is 2.54. The lowest BCUT2D eigenvalue weighted by atomic mass is 10.1. The second-order valence-electron chi connectivity index (χ2n) is 4.48. The van der Waals surface area contributed by atoms with Gasteiger partial charge in [-0.2, -0.15) is 0 Å². The summed E-state index contributed by atoms with van der Waals surface area (Å²) < 4.78 is 10.3. The third-order valence-corrected chi connectivity index (χ3v) is 3.12. The summed E-state index contributed by atoms with van der Waals surface area (Å²) in [5.41, 5.74) is 0.160. The maximum Gasteiger partial charge on any atom is 0.338 e. The monoisotopic (exact) mass is 318 g/mol. The van der Waals surface area contributed by atoms with Crippen molar-refractivity contribution in [2.75, 3.05) is 19.5 Å². The van der Waals surface area contributed by atoms with E-state index in [1.807, 2.05) is 0 Å². The van der Waals surface area contributed by atoms with Crippen molar-refractivity contribution in [2.24, 2.45) is 0 Å². The van der Waals surface area contributed by atoms with Gasteiger partial charge in [0.2, 0.25) is 0 Å². The minimum Gasteiger partial charge on any atom is -0.497 e. The zero-order chi connectivity index (χ0) is 17.0. The van der Waals surface area contributed by atoms with Crippen molar-refractivity contribution < 1.29 is 24.3 Å². The number of carbonyl (C=O) groups is 1. The lowest BCUT2D eigenvalue weighted by Crippen LogP contribution is -2.05. The molecule has 2 aromatic rings. The fourth-order valence-electron chi connectivity index (χ4n) is 1.99. The molecule has 0 aliphatic carbocycles. The van der Waals surface area contributed by atoms with Crippen molar-refractivity contribution in [1.82, 2.24) is 0 Å². The van der Waals surface area contributed by atoms with Gasteiger partial charge in [0.15, 0.2) is 0 Å². The molecule has 0 saturated heterocycles. The Hall–Kier alpha value is -3.29. The molecule has 8 heteroatoms. The number of methoxy groups -OCH3 is 2. The highest BCUT2D eigenvalue weighted by Crippen LogP contribution is 2.33. The number of nitrogens with one attached hydrogen (secondary N) is 1. The SMILES string of the molecule is COc1ccc(OC)c(Nc2ccc([N+](=O)[O-])cc2C(=O)O)c1. The molecule has 0 bridgehead atoms. The number of nitrogens with zero attached hydrogens (tertiary/aromatic N) is 1. The van der Waals surface area contributed by atoms with Crippen molar-refractivity contribution in [1.29, 1.82) is 0 Å². The van der Waals surface area contributed by atoms with Crippen molar-refractivity contribution in [3.05, 3.63) is 52.1 Å². The van der Waals surface area contributed by atoms with E-state index in [9.17, 15) is 20.0 Å². The lowest BCUT2D eigenvalue weighted by Gasteiger charge is -2.14. The van der Waals surface area contributed by atoms with E-state index < -0.39 is 10.9 Å². The topological polar surface area (TPSA) is 111 Å². The van der Waals surface area contributed by atoms with Crippen LogP contribution in [0.15, 0.2) is 36.4 Å². The first-order chi connectivity index (χ1) is 11.0. The molecule has 2 N–H and O–H groups in total. The van der Waals surface area contributed by atoms with E-state index in [0.29, 0.717) is 17.2 Å². The molecule has 8 nitrogen and oxygen atoms in total. The molecule has 0 aliphatic heterocycles. The zero-order valence-corrected chi connectivity index (χ0v) is 12.4. The van der Waals surface area contributed by atoms with Gasteiger partial charge in [0.25, 0.3) is 5.69 Å². The van der Waals surface area contributed by atoms with Crippen LogP contribution in [-0.4, -0.2) is 30.2 Å². The van der Waals surface area contributed by atoms with Gasteiger partial charge in [-0.1, -0.05) is 0 Å². The first-order valence-electron chi connectivity index (χ1n) is 6.47. The number of anilines is 2. The molecule has 0 atom stereocenters. The number of ether oxygens (including phenoxy) is 2. The fraction of sp³-hybridized carbons (Fsp3) is 0.133. The van der Waals surface area contributed by atoms with Crippen molar-refractivity contribution in [3.63, 3.8) is 0 Å². The normalized spacial score (nSPS) is 10.0. The van der Waals surface area contributed by atoms with E-state index in [0.717, 1.165) is 6.07 Å². The number of benzene rings is 2. The smallest absolute Gasteiger partial charge is 0.338 e. The summed E-state index contributed by atoms with van der Waals surface area (Å²) >= 11 is 0. The zero-order valence-electron chi connectivity index (χ0n) is 12.4. The van der Waals surface area contributed by atoms with Crippen LogP contribution >= 0.6 is 0 Å². The van der Waals surface area contributed by atoms with Gasteiger partial charge in [0.05, 0.1) is 36.1 Å². The van der Waals surface area contributed by atoms with Crippen LogP contribution in [0.3, 0.4) is 0 Å². The molecule has 2 aromatic carbocycles. The number of nitro benzene ring substituents is 1. The van der Waals surface area contributed by atoms with Crippen molar-refractivity contribution in [3.8, 4) is 11.5 Å². The Bertz CT molecular complexity index is 760. The number of carboxylic acids is 1. The Morgan fingerprint density at radius 1 is 1.13 bits per heavy atom. The van der Waals surface area contributed by atoms with Crippen LogP contribution in [0.5, 0.6) is 11.5 Å². The molecule has 0 fully saturated rings. The highest BCUT2D eigenvalue weighted by molar-refractivity contribution is 5.96. The van der Waals surface area contributed by atoms with Crippen LogP contribution in [0, 0.1) is 10.1 Å². The molecule has 0 aromatic heterocycles. The molecule has 0 amide bonds. The highest BCUT2D eigenvalue weighted by Gasteiger charge is 2.17. The van der Waals surface area contributed by atoms with Gasteiger partial charge in [-0.25, -0.2) is 4.79 Å². The van der Waals surface area contributed by atoms with Crippen molar-refractivity contribution >= 4 is 23.0 Å². The Labute approximate surface area is 131 Å². The van der Waals surface area contributed by atoms with Crippen molar-refractivity contribution in [2.45, 2.75) is 0 Å². The molecule has 0 saturated carbocycles. The van der Waals surface area contributed by atoms with E-state index >= 15 is 0 Å². The van der Waals surface area contributed by atoms with Crippen LogP contribution in [-0.2, 0) is 0 Å². The third kappa shape index (κ3) is 3.49. The molecule has 2 rings (SSSR count). The molecule has 0 spiro atoms. The quantitative estimate of drug-likeness (QED) is 0.622. The molecular weight excluding hydrogens is 304 g/mol. The molecular formula is C15H14N2O6. The van der Waals surface area contributed by atoms with Crippen LogP contribution in [0.1, 0.15) is 10.4 Å². The Kier molecular flexibility index (Phi) is 4.65. The Balaban J connectivity index is 2.47. The minimum absolute atomic E-state index is 0.203. The number of aromatic carboxylic acids is 1. The summed E-state index contributed by atoms with van der Waals surface area (Å²) in [6.45, 7) is 0. The van der Waals surface area contributed by atoms with Crippen LogP contribution < -0.4 is 14.8 Å². The summed E-state index contributed by atoms with van der Waals surface area (Å²) in [6, 6.07) is 8.54. The van der Waals surface area contributed by atoms with Gasteiger partial charge in [-0.15, -0.1) is 0 Å². The first kappa shape index (κ1) is 16.1. The predicted molar refractivity (Wildman–Crippen MR) is 82.9 cm³/mol. The minimum atomic E-state index is -1.28. The predicted octanol–water partition coefficient (Wildman–Crippen LogP) is 3.05. The highest BCUT2D eigenvalue weighted by atomic mass is 16.6. The standard InChI is InChI=1S/C15H14N2O6/c1-22-10-4-6-14(23-2)13(8-10)16-12-5-3-9(17(20)21)7-11(12)15(18)19/h3-8,16H,1-2H3,(H,18,19). The maximum absolute atomic E-state index is 11.3. The summed E-state index contributed by atoms with van der Waals surface area (Å²) in [6.07, 6.45) is 0. The van der Waals surface area contributed by atoms with Crippen LogP contribution in [0.2, 0.25) is 0 Å². The van der Waals surface area contributed by atoms with Crippen LogP contribution in [0.25, 0.3) is 0 Å². The number of hydrogen-bond donors (Lipinski definition) is 2. The molecule has 0 heterocycles. The number of hydrogen-bond acceptors (Lipinski definition) is 6. The number of non-ortho nitro benzene ring substituents is 1. The van der Waals surface area contributed by atoms with Gasteiger partial charge in [0, 0.05) is 18.2 Å². The van der Waals surface area contributed by atoms with E-state index in [1.165, 1.54) is 26.4 Å². The number of carboxylic acid groups (broad SMARTS) is 1.